The second-order valence-electron chi connectivity index (χ2n) is 8.48. The number of benzene rings is 1. The van der Waals surface area contributed by atoms with E-state index in [-0.39, 0.29) is 17.9 Å². The summed E-state index contributed by atoms with van der Waals surface area (Å²) < 4.78 is 11.4. The highest BCUT2D eigenvalue weighted by atomic mass is 16.5. The lowest BCUT2D eigenvalue weighted by molar-refractivity contribution is -0.140. The molecule has 1 aliphatic heterocycles. The predicted molar refractivity (Wildman–Crippen MR) is 122 cm³/mol. The maximum atomic E-state index is 13.1. The van der Waals surface area contributed by atoms with E-state index in [1.165, 1.54) is 11.2 Å². The third-order valence-corrected chi connectivity index (χ3v) is 5.48. The summed E-state index contributed by atoms with van der Waals surface area (Å²) in [5.74, 6) is -0.198. The van der Waals surface area contributed by atoms with Crippen molar-refractivity contribution < 1.29 is 23.8 Å². The van der Waals surface area contributed by atoms with E-state index in [0.717, 1.165) is 11.1 Å². The highest BCUT2D eigenvalue weighted by Gasteiger charge is 2.47. The van der Waals surface area contributed by atoms with Crippen LogP contribution in [0.25, 0.3) is 5.76 Å². The summed E-state index contributed by atoms with van der Waals surface area (Å²) in [5, 5.41) is 11.2. The fraction of sp³-hybridized carbons (Fsp3) is 0.269. The van der Waals surface area contributed by atoms with Gasteiger partial charge < -0.3 is 19.2 Å². The molecule has 0 aliphatic carbocycles. The van der Waals surface area contributed by atoms with Crippen LogP contribution in [0.15, 0.2) is 71.1 Å². The first-order valence-corrected chi connectivity index (χ1v) is 10.8. The molecule has 170 valence electrons. The van der Waals surface area contributed by atoms with Gasteiger partial charge in [0, 0.05) is 24.5 Å². The van der Waals surface area contributed by atoms with Crippen molar-refractivity contribution in [2.24, 2.45) is 5.92 Å². The Morgan fingerprint density at radius 3 is 2.58 bits per heavy atom. The second kappa shape index (κ2) is 9.32. The molecule has 0 radical (unpaired) electrons. The fourth-order valence-electron chi connectivity index (χ4n) is 3.84. The van der Waals surface area contributed by atoms with Crippen LogP contribution < -0.4 is 4.74 Å². The Morgan fingerprint density at radius 1 is 1.18 bits per heavy atom. The van der Waals surface area contributed by atoms with Crippen LogP contribution in [0.4, 0.5) is 0 Å². The molecule has 1 aliphatic rings. The van der Waals surface area contributed by atoms with Crippen molar-refractivity contribution in [1.82, 2.24) is 9.88 Å². The molecule has 0 spiro atoms. The van der Waals surface area contributed by atoms with E-state index >= 15 is 0 Å². The van der Waals surface area contributed by atoms with Crippen LogP contribution in [0.1, 0.15) is 42.3 Å². The third-order valence-electron chi connectivity index (χ3n) is 5.48. The summed E-state index contributed by atoms with van der Waals surface area (Å²) >= 11 is 0. The molecule has 2 aromatic heterocycles. The van der Waals surface area contributed by atoms with E-state index in [1.807, 2.05) is 6.92 Å². The van der Waals surface area contributed by atoms with Crippen LogP contribution in [0.3, 0.4) is 0 Å². The van der Waals surface area contributed by atoms with Crippen molar-refractivity contribution in [1.29, 1.82) is 0 Å². The molecule has 7 nitrogen and oxygen atoms in total. The summed E-state index contributed by atoms with van der Waals surface area (Å²) in [4.78, 5) is 31.5. The Hall–Kier alpha value is -3.87. The van der Waals surface area contributed by atoms with Gasteiger partial charge in [-0.05, 0) is 66.4 Å². The van der Waals surface area contributed by atoms with Crippen LogP contribution in [-0.4, -0.2) is 33.3 Å². The number of ketones is 1. The number of aliphatic hydroxyl groups is 1. The van der Waals surface area contributed by atoms with Crippen molar-refractivity contribution in [3.8, 4) is 5.75 Å². The number of nitrogens with zero attached hydrogens (tertiary/aromatic N) is 2. The average Bonchev–Trinajstić information content (AvgIpc) is 3.41. The number of ether oxygens (including phenoxy) is 1. The molecule has 0 bridgehead atoms. The third kappa shape index (κ3) is 4.53. The van der Waals surface area contributed by atoms with Crippen LogP contribution >= 0.6 is 0 Å². The van der Waals surface area contributed by atoms with Gasteiger partial charge in [0.2, 0.25) is 0 Å². The zero-order valence-electron chi connectivity index (χ0n) is 18.8. The topological polar surface area (TPSA) is 92.9 Å². The molecule has 7 heteroatoms. The average molecular weight is 447 g/mol. The second-order valence-corrected chi connectivity index (χ2v) is 8.48. The van der Waals surface area contributed by atoms with Gasteiger partial charge >= 0.3 is 0 Å². The van der Waals surface area contributed by atoms with Gasteiger partial charge in [0.1, 0.15) is 23.3 Å². The van der Waals surface area contributed by atoms with Crippen molar-refractivity contribution in [2.75, 3.05) is 6.61 Å². The molecule has 3 heterocycles. The molecule has 1 saturated heterocycles. The minimum Gasteiger partial charge on any atom is -0.507 e. The number of Topliss-reactive ketones (excluding diaryl/α,β-unsaturated/α-hetero) is 1. The minimum atomic E-state index is -0.842. The highest BCUT2D eigenvalue weighted by Crippen LogP contribution is 2.40. The van der Waals surface area contributed by atoms with Crippen molar-refractivity contribution in [2.45, 2.75) is 33.4 Å². The lowest BCUT2D eigenvalue weighted by Gasteiger charge is -2.23. The monoisotopic (exact) mass is 446 g/mol. The molecule has 1 fully saturated rings. The van der Waals surface area contributed by atoms with E-state index in [4.69, 9.17) is 9.15 Å². The lowest BCUT2D eigenvalue weighted by Crippen LogP contribution is -2.29. The molecule has 1 amide bonds. The van der Waals surface area contributed by atoms with Crippen LogP contribution in [0, 0.1) is 12.8 Å². The molecule has 3 aromatic rings. The van der Waals surface area contributed by atoms with Crippen LogP contribution in [0.2, 0.25) is 0 Å². The number of likely N-dealkylation sites (tertiary alicyclic amines) is 1. The summed E-state index contributed by atoms with van der Waals surface area (Å²) in [6.45, 7) is 6.75. The molecule has 1 atom stereocenters. The molecule has 1 aromatic carbocycles. The molecular weight excluding hydrogens is 420 g/mol. The molecule has 33 heavy (non-hydrogen) atoms. The summed E-state index contributed by atoms with van der Waals surface area (Å²) in [6, 6.07) is 11.3. The Morgan fingerprint density at radius 2 is 1.94 bits per heavy atom. The number of amides is 1. The minimum absolute atomic E-state index is 0.000690. The number of furan rings is 1. The van der Waals surface area contributed by atoms with Gasteiger partial charge in [-0.15, -0.1) is 0 Å². The van der Waals surface area contributed by atoms with E-state index in [2.05, 4.69) is 18.8 Å². The molecular formula is C26H26N2O5. The predicted octanol–water partition coefficient (Wildman–Crippen LogP) is 4.64. The highest BCUT2D eigenvalue weighted by molar-refractivity contribution is 6.46. The normalized spacial score (nSPS) is 17.7. The lowest BCUT2D eigenvalue weighted by atomic mass is 9.98. The number of hydrogen-bond acceptors (Lipinski definition) is 6. The number of aromatic nitrogens is 1. The van der Waals surface area contributed by atoms with Gasteiger partial charge in [-0.2, -0.15) is 0 Å². The Balaban J connectivity index is 1.75. The number of aryl methyl sites for hydroxylation is 1. The molecule has 4 rings (SSSR count). The maximum Gasteiger partial charge on any atom is 0.296 e. The maximum absolute atomic E-state index is 13.1. The number of pyridine rings is 1. The number of carbonyl (C=O) groups excluding carboxylic acids is 2. The SMILES string of the molecule is Cc1cc(/C(O)=C2/C(=O)C(=O)N(Cc3ccncc3)C2c2ccco2)ccc1OCC(C)C. The summed E-state index contributed by atoms with van der Waals surface area (Å²) in [5.41, 5.74) is 2.06. The summed E-state index contributed by atoms with van der Waals surface area (Å²) in [7, 11) is 0. The van der Waals surface area contributed by atoms with E-state index in [0.29, 0.717) is 29.6 Å². The van der Waals surface area contributed by atoms with Gasteiger partial charge in [-0.3, -0.25) is 14.6 Å². The quantitative estimate of drug-likeness (QED) is 0.323. The Labute approximate surface area is 192 Å². The number of rotatable bonds is 7. The number of carbonyl (C=O) groups is 2. The van der Waals surface area contributed by atoms with Gasteiger partial charge in [0.05, 0.1) is 18.4 Å². The fourth-order valence-corrected chi connectivity index (χ4v) is 3.84. The first kappa shape index (κ1) is 22.3. The van der Waals surface area contributed by atoms with Crippen molar-refractivity contribution >= 4 is 17.4 Å². The number of hydrogen-bond donors (Lipinski definition) is 1. The van der Waals surface area contributed by atoms with Crippen LogP contribution in [0.5, 0.6) is 5.75 Å². The number of aliphatic hydroxyl groups excluding tert-OH is 1. The first-order valence-electron chi connectivity index (χ1n) is 10.8. The molecule has 1 N–H and O–H groups in total. The van der Waals surface area contributed by atoms with E-state index in [9.17, 15) is 14.7 Å². The van der Waals surface area contributed by atoms with Crippen molar-refractivity contribution in [3.05, 3.63) is 89.1 Å². The standard InChI is InChI=1S/C26H26N2O5/c1-16(2)15-33-20-7-6-19(13-17(20)3)24(29)22-23(21-5-4-12-32-21)28(26(31)25(22)30)14-18-8-10-27-11-9-18/h4-13,16,23,29H,14-15H2,1-3H3/b24-22-. The van der Waals surface area contributed by atoms with Gasteiger partial charge in [-0.25, -0.2) is 0 Å². The van der Waals surface area contributed by atoms with Crippen LogP contribution in [-0.2, 0) is 16.1 Å². The smallest absolute Gasteiger partial charge is 0.296 e. The Kier molecular flexibility index (Phi) is 6.31. The van der Waals surface area contributed by atoms with Gasteiger partial charge in [0.25, 0.3) is 11.7 Å². The zero-order valence-corrected chi connectivity index (χ0v) is 18.8. The molecule has 1 unspecified atom stereocenters. The Bertz CT molecular complexity index is 1180. The molecule has 0 saturated carbocycles. The first-order chi connectivity index (χ1) is 15.9. The van der Waals surface area contributed by atoms with Gasteiger partial charge in [0.15, 0.2) is 0 Å². The summed E-state index contributed by atoms with van der Waals surface area (Å²) in [6.07, 6.45) is 4.73. The van der Waals surface area contributed by atoms with Gasteiger partial charge in [-0.1, -0.05) is 13.8 Å². The van der Waals surface area contributed by atoms with E-state index < -0.39 is 17.7 Å². The van der Waals surface area contributed by atoms with E-state index in [1.54, 1.807) is 54.9 Å². The zero-order chi connectivity index (χ0) is 23.5. The largest absolute Gasteiger partial charge is 0.507 e. The van der Waals surface area contributed by atoms with Crippen molar-refractivity contribution in [3.63, 3.8) is 0 Å².